The van der Waals surface area contributed by atoms with E-state index in [1.807, 2.05) is 36.4 Å². The van der Waals surface area contributed by atoms with E-state index in [0.29, 0.717) is 5.69 Å². The number of hydrogen-bond acceptors (Lipinski definition) is 6. The van der Waals surface area contributed by atoms with Gasteiger partial charge in [-0.15, -0.1) is 0 Å². The van der Waals surface area contributed by atoms with Gasteiger partial charge in [0.25, 0.3) is 0 Å². The summed E-state index contributed by atoms with van der Waals surface area (Å²) in [5, 5.41) is 7.24. The fraction of sp³-hybridized carbons (Fsp3) is 0.0400. The van der Waals surface area contributed by atoms with E-state index in [0.717, 1.165) is 17.9 Å². The lowest BCUT2D eigenvalue weighted by molar-refractivity contribution is 0.0599. The average molecular weight is 477 g/mol. The molecule has 0 saturated carbocycles. The standard InChI is InChI=1S/C25H20N2O6S/c1-32-24(28)21-16-18(14-15-23(21)33-34(30,31)19-10-3-2-4-11-19)26-25(29)27-22-13-7-9-17-8-5-6-12-20(17)22/h2-16H,1H3,(H2,26,27,29). The number of esters is 1. The van der Waals surface area contributed by atoms with Crippen molar-refractivity contribution in [2.45, 2.75) is 4.90 Å². The maximum atomic E-state index is 12.6. The number of benzene rings is 4. The predicted molar refractivity (Wildman–Crippen MR) is 129 cm³/mol. The monoisotopic (exact) mass is 476 g/mol. The van der Waals surface area contributed by atoms with Crippen LogP contribution in [0.15, 0.2) is 95.9 Å². The van der Waals surface area contributed by atoms with E-state index in [1.54, 1.807) is 24.3 Å². The highest BCUT2D eigenvalue weighted by molar-refractivity contribution is 7.87. The molecule has 0 saturated heterocycles. The summed E-state index contributed by atoms with van der Waals surface area (Å²) in [5.74, 6) is -1.05. The molecule has 0 atom stereocenters. The second-order valence-electron chi connectivity index (χ2n) is 7.16. The number of rotatable bonds is 6. The highest BCUT2D eigenvalue weighted by atomic mass is 32.2. The van der Waals surface area contributed by atoms with E-state index in [9.17, 15) is 18.0 Å². The Bertz CT molecular complexity index is 1460. The van der Waals surface area contributed by atoms with Gasteiger partial charge in [0.15, 0.2) is 5.75 Å². The second kappa shape index (κ2) is 9.63. The summed E-state index contributed by atoms with van der Waals surface area (Å²) >= 11 is 0. The molecule has 0 heterocycles. The molecule has 0 aromatic heterocycles. The van der Waals surface area contributed by atoms with E-state index in [4.69, 9.17) is 8.92 Å². The Morgan fingerprint density at radius 3 is 2.26 bits per heavy atom. The molecule has 0 unspecified atom stereocenters. The minimum Gasteiger partial charge on any atom is -0.465 e. The maximum absolute atomic E-state index is 12.6. The molecule has 172 valence electrons. The molecular weight excluding hydrogens is 456 g/mol. The highest BCUT2D eigenvalue weighted by Gasteiger charge is 2.22. The number of carbonyl (C=O) groups is 2. The zero-order chi connectivity index (χ0) is 24.1. The molecule has 0 radical (unpaired) electrons. The van der Waals surface area contributed by atoms with Gasteiger partial charge in [-0.25, -0.2) is 9.59 Å². The Morgan fingerprint density at radius 2 is 1.50 bits per heavy atom. The van der Waals surface area contributed by atoms with Gasteiger partial charge in [-0.05, 0) is 41.8 Å². The van der Waals surface area contributed by atoms with Crippen LogP contribution in [0.25, 0.3) is 10.8 Å². The molecular formula is C25H20N2O6S. The van der Waals surface area contributed by atoms with Gasteiger partial charge >= 0.3 is 22.1 Å². The van der Waals surface area contributed by atoms with Crippen LogP contribution in [0.5, 0.6) is 5.75 Å². The van der Waals surface area contributed by atoms with Gasteiger partial charge in [-0.2, -0.15) is 8.42 Å². The fourth-order valence-electron chi connectivity index (χ4n) is 3.32. The van der Waals surface area contributed by atoms with Crippen LogP contribution in [-0.4, -0.2) is 27.5 Å². The summed E-state index contributed by atoms with van der Waals surface area (Å²) in [4.78, 5) is 24.8. The molecule has 0 bridgehead atoms. The van der Waals surface area contributed by atoms with E-state index in [-0.39, 0.29) is 21.9 Å². The van der Waals surface area contributed by atoms with Crippen molar-refractivity contribution in [2.75, 3.05) is 17.7 Å². The third-order valence-corrected chi connectivity index (χ3v) is 6.16. The van der Waals surface area contributed by atoms with Crippen LogP contribution >= 0.6 is 0 Å². The number of methoxy groups -OCH3 is 1. The van der Waals surface area contributed by atoms with E-state index >= 15 is 0 Å². The van der Waals surface area contributed by atoms with Crippen molar-refractivity contribution in [3.8, 4) is 5.75 Å². The van der Waals surface area contributed by atoms with Gasteiger partial charge in [0.05, 0.1) is 12.8 Å². The first-order valence-electron chi connectivity index (χ1n) is 10.1. The molecule has 4 aromatic rings. The fourth-order valence-corrected chi connectivity index (χ4v) is 4.29. The normalized spacial score (nSPS) is 11.0. The molecule has 0 aliphatic carbocycles. The topological polar surface area (TPSA) is 111 Å². The van der Waals surface area contributed by atoms with Crippen molar-refractivity contribution in [1.29, 1.82) is 0 Å². The number of urea groups is 1. The molecule has 2 amide bonds. The Kier molecular flexibility index (Phi) is 6.46. The number of ether oxygens (including phenoxy) is 1. The molecule has 0 aliphatic rings. The molecule has 8 nitrogen and oxygen atoms in total. The minimum absolute atomic E-state index is 0.0671. The van der Waals surface area contributed by atoms with Crippen LogP contribution in [-0.2, 0) is 14.9 Å². The Hall–Kier alpha value is -4.37. The number of nitrogens with one attached hydrogen (secondary N) is 2. The number of hydrogen-bond donors (Lipinski definition) is 2. The lowest BCUT2D eigenvalue weighted by atomic mass is 10.1. The van der Waals surface area contributed by atoms with Gasteiger partial charge in [0.1, 0.15) is 10.5 Å². The van der Waals surface area contributed by atoms with Crippen molar-refractivity contribution in [1.82, 2.24) is 0 Å². The van der Waals surface area contributed by atoms with Crippen molar-refractivity contribution >= 4 is 44.3 Å². The minimum atomic E-state index is -4.18. The average Bonchev–Trinajstić information content (AvgIpc) is 2.85. The number of fused-ring (bicyclic) bond motifs is 1. The Morgan fingerprint density at radius 1 is 0.794 bits per heavy atom. The van der Waals surface area contributed by atoms with Crippen molar-refractivity contribution in [3.05, 3.63) is 96.6 Å². The molecule has 34 heavy (non-hydrogen) atoms. The summed E-state index contributed by atoms with van der Waals surface area (Å²) in [6.07, 6.45) is 0. The summed E-state index contributed by atoms with van der Waals surface area (Å²) < 4.78 is 35.1. The first kappa shape index (κ1) is 22.8. The van der Waals surface area contributed by atoms with Gasteiger partial charge in [-0.3, -0.25) is 0 Å². The number of amides is 2. The van der Waals surface area contributed by atoms with Crippen LogP contribution in [0.4, 0.5) is 16.2 Å². The summed E-state index contributed by atoms with van der Waals surface area (Å²) in [7, 11) is -3.02. The van der Waals surface area contributed by atoms with E-state index in [1.165, 1.54) is 30.3 Å². The van der Waals surface area contributed by atoms with Crippen LogP contribution < -0.4 is 14.8 Å². The van der Waals surface area contributed by atoms with E-state index in [2.05, 4.69) is 10.6 Å². The molecule has 0 spiro atoms. The van der Waals surface area contributed by atoms with Gasteiger partial charge in [0, 0.05) is 11.1 Å². The second-order valence-corrected chi connectivity index (χ2v) is 8.71. The third kappa shape index (κ3) is 5.00. The van der Waals surface area contributed by atoms with Crippen molar-refractivity contribution < 1.29 is 26.9 Å². The van der Waals surface area contributed by atoms with Crippen LogP contribution in [0.1, 0.15) is 10.4 Å². The lowest BCUT2D eigenvalue weighted by Crippen LogP contribution is -2.20. The smallest absolute Gasteiger partial charge is 0.341 e. The molecule has 9 heteroatoms. The summed E-state index contributed by atoms with van der Waals surface area (Å²) in [5.41, 5.74) is 0.685. The lowest BCUT2D eigenvalue weighted by Gasteiger charge is -2.13. The molecule has 4 aromatic carbocycles. The maximum Gasteiger partial charge on any atom is 0.341 e. The molecule has 0 aliphatic heterocycles. The SMILES string of the molecule is COC(=O)c1cc(NC(=O)Nc2cccc3ccccc23)ccc1OS(=O)(=O)c1ccccc1. The largest absolute Gasteiger partial charge is 0.465 e. The van der Waals surface area contributed by atoms with Gasteiger partial charge in [0.2, 0.25) is 0 Å². The predicted octanol–water partition coefficient (Wildman–Crippen LogP) is 5.04. The van der Waals surface area contributed by atoms with Crippen LogP contribution in [0, 0.1) is 0 Å². The molecule has 4 rings (SSSR count). The zero-order valence-corrected chi connectivity index (χ0v) is 18.8. The highest BCUT2D eigenvalue weighted by Crippen LogP contribution is 2.28. The first-order chi connectivity index (χ1) is 16.4. The Balaban J connectivity index is 1.57. The third-order valence-electron chi connectivity index (χ3n) is 4.91. The van der Waals surface area contributed by atoms with Crippen LogP contribution in [0.2, 0.25) is 0 Å². The van der Waals surface area contributed by atoms with E-state index < -0.39 is 22.1 Å². The summed E-state index contributed by atoms with van der Waals surface area (Å²) in [6.45, 7) is 0. The summed E-state index contributed by atoms with van der Waals surface area (Å²) in [6, 6.07) is 24.1. The van der Waals surface area contributed by atoms with Crippen molar-refractivity contribution in [3.63, 3.8) is 0 Å². The van der Waals surface area contributed by atoms with Gasteiger partial charge in [-0.1, -0.05) is 54.6 Å². The van der Waals surface area contributed by atoms with Gasteiger partial charge < -0.3 is 19.6 Å². The quantitative estimate of drug-likeness (QED) is 0.298. The molecule has 0 fully saturated rings. The number of carbonyl (C=O) groups excluding carboxylic acids is 2. The number of anilines is 2. The Labute approximate surface area is 196 Å². The van der Waals surface area contributed by atoms with Crippen LogP contribution in [0.3, 0.4) is 0 Å². The van der Waals surface area contributed by atoms with Crippen molar-refractivity contribution in [2.24, 2.45) is 0 Å². The molecule has 2 N–H and O–H groups in total. The zero-order valence-electron chi connectivity index (χ0n) is 18.0. The first-order valence-corrected chi connectivity index (χ1v) is 11.6.